The number of ether oxygens (including phenoxy) is 2. The highest BCUT2D eigenvalue weighted by Crippen LogP contribution is 2.25. The number of anilines is 2. The second-order valence-corrected chi connectivity index (χ2v) is 9.01. The summed E-state index contributed by atoms with van der Waals surface area (Å²) < 4.78 is 37.7. The first kappa shape index (κ1) is 23.8. The molecule has 0 heterocycles. The van der Waals surface area contributed by atoms with Crippen LogP contribution < -0.4 is 14.4 Å². The Kier molecular flexibility index (Phi) is 7.34. The molecule has 3 aromatic carbocycles. The third-order valence-electron chi connectivity index (χ3n) is 4.82. The van der Waals surface area contributed by atoms with Crippen molar-refractivity contribution in [2.75, 3.05) is 30.4 Å². The summed E-state index contributed by atoms with van der Waals surface area (Å²) in [6.07, 6.45) is 0. The molecule has 3 aromatic rings. The number of hydrogen-bond acceptors (Lipinski definition) is 6. The molecule has 1 amide bonds. The topological polar surface area (TPSA) is 102 Å². The van der Waals surface area contributed by atoms with Crippen molar-refractivity contribution in [2.45, 2.75) is 11.8 Å². The first-order valence-electron chi connectivity index (χ1n) is 9.96. The standard InChI is InChI=1S/C24H24N2O6S/c1-17-7-9-20(10-8-17)26(33(29,30)22-13-11-21(31-2)12-14-22)16-23(27)25-19-6-4-5-18(15-19)24(28)32-3/h4-15H,16H2,1-3H3,(H,25,27). The maximum absolute atomic E-state index is 13.4. The molecule has 3 rings (SSSR count). The van der Waals surface area contributed by atoms with Gasteiger partial charge < -0.3 is 14.8 Å². The van der Waals surface area contributed by atoms with Crippen LogP contribution in [0.4, 0.5) is 11.4 Å². The molecule has 0 bridgehead atoms. The minimum absolute atomic E-state index is 0.0179. The molecule has 0 fully saturated rings. The van der Waals surface area contributed by atoms with Gasteiger partial charge in [-0.15, -0.1) is 0 Å². The Morgan fingerprint density at radius 2 is 1.61 bits per heavy atom. The number of hydrogen-bond donors (Lipinski definition) is 1. The molecule has 0 aliphatic carbocycles. The molecule has 0 saturated heterocycles. The third-order valence-corrected chi connectivity index (χ3v) is 6.61. The molecule has 9 heteroatoms. The van der Waals surface area contributed by atoms with E-state index in [9.17, 15) is 18.0 Å². The molecular weight excluding hydrogens is 444 g/mol. The van der Waals surface area contributed by atoms with Crippen molar-refractivity contribution in [3.63, 3.8) is 0 Å². The van der Waals surface area contributed by atoms with Crippen molar-refractivity contribution in [1.82, 2.24) is 0 Å². The van der Waals surface area contributed by atoms with Gasteiger partial charge in [0.2, 0.25) is 5.91 Å². The molecule has 0 saturated carbocycles. The van der Waals surface area contributed by atoms with E-state index < -0.39 is 28.4 Å². The van der Waals surface area contributed by atoms with Gasteiger partial charge in [0.15, 0.2) is 0 Å². The van der Waals surface area contributed by atoms with E-state index in [2.05, 4.69) is 5.32 Å². The SMILES string of the molecule is COC(=O)c1cccc(NC(=O)CN(c2ccc(C)cc2)S(=O)(=O)c2ccc(OC)cc2)c1. The van der Waals surface area contributed by atoms with Crippen molar-refractivity contribution in [1.29, 1.82) is 0 Å². The van der Waals surface area contributed by atoms with E-state index in [1.54, 1.807) is 54.6 Å². The normalized spacial score (nSPS) is 10.9. The van der Waals surface area contributed by atoms with Gasteiger partial charge in [0.1, 0.15) is 12.3 Å². The monoisotopic (exact) mass is 468 g/mol. The third kappa shape index (κ3) is 5.69. The number of methoxy groups -OCH3 is 2. The highest BCUT2D eigenvalue weighted by molar-refractivity contribution is 7.92. The lowest BCUT2D eigenvalue weighted by molar-refractivity contribution is -0.114. The number of nitrogens with zero attached hydrogens (tertiary/aromatic N) is 1. The molecule has 0 unspecified atom stereocenters. The zero-order valence-electron chi connectivity index (χ0n) is 18.4. The number of amides is 1. The Labute approximate surface area is 192 Å². The molecular formula is C24H24N2O6S. The van der Waals surface area contributed by atoms with Crippen LogP contribution in [0.1, 0.15) is 15.9 Å². The smallest absolute Gasteiger partial charge is 0.337 e. The maximum atomic E-state index is 13.4. The van der Waals surface area contributed by atoms with Crippen LogP contribution in [0.2, 0.25) is 0 Å². The van der Waals surface area contributed by atoms with E-state index in [-0.39, 0.29) is 10.5 Å². The predicted molar refractivity (Wildman–Crippen MR) is 125 cm³/mol. The molecule has 0 aliphatic heterocycles. The minimum Gasteiger partial charge on any atom is -0.497 e. The number of rotatable bonds is 8. The summed E-state index contributed by atoms with van der Waals surface area (Å²) in [6, 6.07) is 18.9. The number of aryl methyl sites for hydroxylation is 1. The van der Waals surface area contributed by atoms with Crippen LogP contribution >= 0.6 is 0 Å². The number of carbonyl (C=O) groups excluding carboxylic acids is 2. The van der Waals surface area contributed by atoms with E-state index in [0.717, 1.165) is 9.87 Å². The lowest BCUT2D eigenvalue weighted by Gasteiger charge is -2.24. The van der Waals surface area contributed by atoms with Crippen LogP contribution in [0.5, 0.6) is 5.75 Å². The van der Waals surface area contributed by atoms with Crippen molar-refractivity contribution < 1.29 is 27.5 Å². The fourth-order valence-corrected chi connectivity index (χ4v) is 4.49. The van der Waals surface area contributed by atoms with Crippen molar-refractivity contribution >= 4 is 33.3 Å². The average molecular weight is 469 g/mol. The minimum atomic E-state index is -4.06. The summed E-state index contributed by atoms with van der Waals surface area (Å²) in [4.78, 5) is 24.6. The van der Waals surface area contributed by atoms with E-state index in [0.29, 0.717) is 17.1 Å². The number of carbonyl (C=O) groups is 2. The predicted octanol–water partition coefficient (Wildman–Crippen LogP) is 3.62. The van der Waals surface area contributed by atoms with Gasteiger partial charge in [0, 0.05) is 5.69 Å². The van der Waals surface area contributed by atoms with Gasteiger partial charge >= 0.3 is 5.97 Å². The quantitative estimate of drug-likeness (QED) is 0.507. The van der Waals surface area contributed by atoms with Crippen LogP contribution in [0.15, 0.2) is 77.7 Å². The zero-order valence-corrected chi connectivity index (χ0v) is 19.3. The molecule has 0 aliphatic rings. The molecule has 172 valence electrons. The Morgan fingerprint density at radius 1 is 0.939 bits per heavy atom. The Hall–Kier alpha value is -3.85. The van der Waals surface area contributed by atoms with Gasteiger partial charge in [-0.05, 0) is 61.5 Å². The lowest BCUT2D eigenvalue weighted by atomic mass is 10.2. The second-order valence-electron chi connectivity index (χ2n) is 7.14. The summed E-state index contributed by atoms with van der Waals surface area (Å²) >= 11 is 0. The summed E-state index contributed by atoms with van der Waals surface area (Å²) in [5, 5.41) is 2.64. The van der Waals surface area contributed by atoms with Gasteiger partial charge in [0.25, 0.3) is 10.0 Å². The number of esters is 1. The average Bonchev–Trinajstić information content (AvgIpc) is 2.82. The molecule has 0 spiro atoms. The van der Waals surface area contributed by atoms with Gasteiger partial charge in [-0.1, -0.05) is 23.8 Å². The zero-order chi connectivity index (χ0) is 24.0. The molecule has 33 heavy (non-hydrogen) atoms. The first-order chi connectivity index (χ1) is 15.7. The van der Waals surface area contributed by atoms with E-state index in [1.807, 2.05) is 6.92 Å². The van der Waals surface area contributed by atoms with Crippen molar-refractivity contribution in [3.05, 3.63) is 83.9 Å². The Bertz CT molecular complexity index is 1240. The number of nitrogens with one attached hydrogen (secondary N) is 1. The summed E-state index contributed by atoms with van der Waals surface area (Å²) in [7, 11) is -1.31. The van der Waals surface area contributed by atoms with E-state index in [4.69, 9.17) is 9.47 Å². The van der Waals surface area contributed by atoms with Crippen LogP contribution in [0.25, 0.3) is 0 Å². The Balaban J connectivity index is 1.91. The highest BCUT2D eigenvalue weighted by atomic mass is 32.2. The first-order valence-corrected chi connectivity index (χ1v) is 11.4. The van der Waals surface area contributed by atoms with Crippen LogP contribution in [0, 0.1) is 6.92 Å². The molecule has 1 N–H and O–H groups in total. The highest BCUT2D eigenvalue weighted by Gasteiger charge is 2.27. The molecule has 0 atom stereocenters. The van der Waals surface area contributed by atoms with Gasteiger partial charge in [-0.2, -0.15) is 0 Å². The van der Waals surface area contributed by atoms with Gasteiger partial charge in [-0.3, -0.25) is 9.10 Å². The Morgan fingerprint density at radius 3 is 2.21 bits per heavy atom. The van der Waals surface area contributed by atoms with Crippen molar-refractivity contribution in [2.24, 2.45) is 0 Å². The van der Waals surface area contributed by atoms with Crippen molar-refractivity contribution in [3.8, 4) is 5.75 Å². The summed E-state index contributed by atoms with van der Waals surface area (Å²) in [6.45, 7) is 1.41. The number of sulfonamides is 1. The summed E-state index contributed by atoms with van der Waals surface area (Å²) in [5.41, 5.74) is 1.89. The second kappa shape index (κ2) is 10.2. The molecule has 0 aromatic heterocycles. The van der Waals surface area contributed by atoms with Crippen LogP contribution in [-0.4, -0.2) is 41.1 Å². The summed E-state index contributed by atoms with van der Waals surface area (Å²) in [5.74, 6) is -0.608. The molecule has 0 radical (unpaired) electrons. The fraction of sp³-hybridized carbons (Fsp3) is 0.167. The van der Waals surface area contributed by atoms with Crippen LogP contribution in [0.3, 0.4) is 0 Å². The van der Waals surface area contributed by atoms with Gasteiger partial charge in [-0.25, -0.2) is 13.2 Å². The van der Waals surface area contributed by atoms with Crippen LogP contribution in [-0.2, 0) is 19.6 Å². The van der Waals surface area contributed by atoms with E-state index in [1.165, 1.54) is 32.4 Å². The molecule has 8 nitrogen and oxygen atoms in total. The number of benzene rings is 3. The van der Waals surface area contributed by atoms with Gasteiger partial charge in [0.05, 0.1) is 30.4 Å². The maximum Gasteiger partial charge on any atom is 0.337 e. The largest absolute Gasteiger partial charge is 0.497 e. The van der Waals surface area contributed by atoms with E-state index >= 15 is 0 Å². The fourth-order valence-electron chi connectivity index (χ4n) is 3.07. The lowest BCUT2D eigenvalue weighted by Crippen LogP contribution is -2.38.